The van der Waals surface area contributed by atoms with Crippen LogP contribution in [-0.4, -0.2) is 60.9 Å². The van der Waals surface area contributed by atoms with Crippen molar-refractivity contribution in [3.05, 3.63) is 70.8 Å². The second kappa shape index (κ2) is 9.50. The van der Waals surface area contributed by atoms with Gasteiger partial charge in [-0.3, -0.25) is 9.69 Å². The molecule has 2 fully saturated rings. The van der Waals surface area contributed by atoms with Gasteiger partial charge < -0.3 is 5.32 Å². The molecule has 0 aliphatic carbocycles. The van der Waals surface area contributed by atoms with E-state index >= 15 is 0 Å². The van der Waals surface area contributed by atoms with Crippen LogP contribution in [0, 0.1) is 13.8 Å². The van der Waals surface area contributed by atoms with E-state index in [2.05, 4.69) is 12.2 Å². The fourth-order valence-corrected chi connectivity index (χ4v) is 6.66. The van der Waals surface area contributed by atoms with Crippen molar-refractivity contribution in [3.8, 4) is 0 Å². The van der Waals surface area contributed by atoms with E-state index < -0.39 is 21.4 Å². The van der Waals surface area contributed by atoms with Crippen LogP contribution in [0.1, 0.15) is 48.4 Å². The van der Waals surface area contributed by atoms with Crippen LogP contribution in [0.3, 0.4) is 0 Å². The molecular formula is C26H33N3O4S. The summed E-state index contributed by atoms with van der Waals surface area (Å²) in [4.78, 5) is 30.6. The first-order chi connectivity index (χ1) is 16.2. The minimum Gasteiger partial charge on any atom is -0.315 e. The summed E-state index contributed by atoms with van der Waals surface area (Å²) in [5, 5.41) is 3.01. The summed E-state index contributed by atoms with van der Waals surface area (Å²) in [6, 6.07) is 14.5. The van der Waals surface area contributed by atoms with Gasteiger partial charge in [0.2, 0.25) is 0 Å². The van der Waals surface area contributed by atoms with Gasteiger partial charge in [0, 0.05) is 12.6 Å². The van der Waals surface area contributed by atoms with Gasteiger partial charge in [-0.05, 0) is 48.9 Å². The Morgan fingerprint density at radius 2 is 1.79 bits per heavy atom. The molecule has 3 amide bonds. The normalized spacial score (nSPS) is 24.1. The van der Waals surface area contributed by atoms with Crippen molar-refractivity contribution in [1.82, 2.24) is 15.1 Å². The Morgan fingerprint density at radius 1 is 1.06 bits per heavy atom. The van der Waals surface area contributed by atoms with E-state index in [1.807, 2.05) is 67.3 Å². The molecule has 2 aromatic carbocycles. The van der Waals surface area contributed by atoms with Crippen molar-refractivity contribution in [2.45, 2.75) is 51.6 Å². The van der Waals surface area contributed by atoms with Crippen LogP contribution in [-0.2, 0) is 20.2 Å². The van der Waals surface area contributed by atoms with Gasteiger partial charge in [0.25, 0.3) is 5.91 Å². The van der Waals surface area contributed by atoms with Crippen LogP contribution in [0.2, 0.25) is 0 Å². The predicted octanol–water partition coefficient (Wildman–Crippen LogP) is 3.35. The zero-order chi connectivity index (χ0) is 24.5. The Bertz CT molecular complexity index is 1180. The van der Waals surface area contributed by atoms with Crippen LogP contribution in [0.15, 0.2) is 48.5 Å². The van der Waals surface area contributed by atoms with Crippen molar-refractivity contribution in [2.24, 2.45) is 0 Å². The monoisotopic (exact) mass is 483 g/mol. The highest BCUT2D eigenvalue weighted by Gasteiger charge is 2.54. The third kappa shape index (κ3) is 4.49. The van der Waals surface area contributed by atoms with Gasteiger partial charge >= 0.3 is 6.03 Å². The van der Waals surface area contributed by atoms with Crippen LogP contribution >= 0.6 is 0 Å². The molecule has 0 radical (unpaired) electrons. The Kier molecular flexibility index (Phi) is 6.82. The summed E-state index contributed by atoms with van der Waals surface area (Å²) in [5.41, 5.74) is 2.23. The van der Waals surface area contributed by atoms with Crippen molar-refractivity contribution in [1.29, 1.82) is 0 Å². The maximum atomic E-state index is 14.1. The molecule has 2 atom stereocenters. The second-order valence-corrected chi connectivity index (χ2v) is 11.7. The Balaban J connectivity index is 1.72. The van der Waals surface area contributed by atoms with Gasteiger partial charge in [-0.15, -0.1) is 0 Å². The number of amides is 3. The topological polar surface area (TPSA) is 86.8 Å². The van der Waals surface area contributed by atoms with Crippen molar-refractivity contribution < 1.29 is 18.0 Å². The number of urea groups is 1. The molecule has 2 aliphatic heterocycles. The fourth-order valence-electron chi connectivity index (χ4n) is 4.90. The molecule has 2 saturated heterocycles. The second-order valence-electron chi connectivity index (χ2n) is 9.44. The van der Waals surface area contributed by atoms with E-state index in [4.69, 9.17) is 0 Å². The first-order valence-electron chi connectivity index (χ1n) is 11.9. The molecule has 2 heterocycles. The van der Waals surface area contributed by atoms with Crippen molar-refractivity contribution >= 4 is 21.8 Å². The van der Waals surface area contributed by atoms with Crippen LogP contribution in [0.25, 0.3) is 0 Å². The highest BCUT2D eigenvalue weighted by atomic mass is 32.2. The van der Waals surface area contributed by atoms with E-state index in [9.17, 15) is 18.0 Å². The van der Waals surface area contributed by atoms with Crippen LogP contribution < -0.4 is 5.32 Å². The van der Waals surface area contributed by atoms with E-state index in [-0.39, 0.29) is 30.1 Å². The zero-order valence-electron chi connectivity index (χ0n) is 20.1. The lowest BCUT2D eigenvalue weighted by Crippen LogP contribution is -2.49. The number of unbranched alkanes of at least 4 members (excludes halogenated alkanes) is 1. The minimum atomic E-state index is -3.09. The molecule has 4 rings (SSSR count). The molecule has 0 spiro atoms. The number of hydrogen-bond acceptors (Lipinski definition) is 5. The highest BCUT2D eigenvalue weighted by molar-refractivity contribution is 7.91. The lowest BCUT2D eigenvalue weighted by Gasteiger charge is -2.32. The first kappa shape index (κ1) is 24.4. The summed E-state index contributed by atoms with van der Waals surface area (Å²) in [7, 11) is -3.09. The molecule has 182 valence electrons. The molecular weight excluding hydrogens is 450 g/mol. The Hall–Kier alpha value is -2.71. The van der Waals surface area contributed by atoms with Gasteiger partial charge in [-0.25, -0.2) is 18.1 Å². The maximum Gasteiger partial charge on any atom is 0.326 e. The smallest absolute Gasteiger partial charge is 0.315 e. The number of sulfone groups is 1. The van der Waals surface area contributed by atoms with Gasteiger partial charge in [0.1, 0.15) is 0 Å². The quantitative estimate of drug-likeness (QED) is 0.582. The van der Waals surface area contributed by atoms with E-state index in [1.54, 1.807) is 0 Å². The molecule has 0 bridgehead atoms. The van der Waals surface area contributed by atoms with Gasteiger partial charge in [0.15, 0.2) is 15.4 Å². The zero-order valence-corrected chi connectivity index (χ0v) is 20.9. The third-order valence-corrected chi connectivity index (χ3v) is 8.85. The summed E-state index contributed by atoms with van der Waals surface area (Å²) >= 11 is 0. The predicted molar refractivity (Wildman–Crippen MR) is 132 cm³/mol. The highest BCUT2D eigenvalue weighted by Crippen LogP contribution is 2.37. The van der Waals surface area contributed by atoms with Crippen molar-refractivity contribution in [2.75, 3.05) is 24.7 Å². The average Bonchev–Trinajstić information content (AvgIpc) is 3.30. The summed E-state index contributed by atoms with van der Waals surface area (Å²) in [5.74, 6) is -0.118. The number of carbonyl (C=O) groups is 2. The standard InChI is InChI=1S/C26H33N3O4S/c1-4-5-14-28(23-13-15-34(32,33)17-23)18-29-24(30)26(27-25(29)31,21-9-7-6-8-10-21)22-12-11-19(2)20(3)16-22/h6-12,16,23H,4-5,13-15,17-18H2,1-3H3,(H,27,31). The summed E-state index contributed by atoms with van der Waals surface area (Å²) < 4.78 is 24.3. The fraction of sp³-hybridized carbons (Fsp3) is 0.462. The Labute approximate surface area is 202 Å². The summed E-state index contributed by atoms with van der Waals surface area (Å²) in [6.07, 6.45) is 2.32. The molecule has 2 aliphatic rings. The first-order valence-corrected chi connectivity index (χ1v) is 13.7. The number of nitrogens with zero attached hydrogens (tertiary/aromatic N) is 2. The number of imide groups is 1. The van der Waals surface area contributed by atoms with E-state index in [1.165, 1.54) is 4.90 Å². The van der Waals surface area contributed by atoms with E-state index in [0.29, 0.717) is 24.1 Å². The van der Waals surface area contributed by atoms with Gasteiger partial charge in [0.05, 0.1) is 18.2 Å². The molecule has 1 N–H and O–H groups in total. The van der Waals surface area contributed by atoms with Crippen LogP contribution in [0.5, 0.6) is 0 Å². The molecule has 34 heavy (non-hydrogen) atoms. The van der Waals surface area contributed by atoms with Gasteiger partial charge in [-0.2, -0.15) is 0 Å². The number of carbonyl (C=O) groups excluding carboxylic acids is 2. The lowest BCUT2D eigenvalue weighted by molar-refractivity contribution is -0.132. The number of aryl methyl sites for hydroxylation is 2. The maximum absolute atomic E-state index is 14.1. The average molecular weight is 484 g/mol. The van der Waals surface area contributed by atoms with Crippen LogP contribution in [0.4, 0.5) is 4.79 Å². The molecule has 8 heteroatoms. The molecule has 2 unspecified atom stereocenters. The number of rotatable bonds is 8. The van der Waals surface area contributed by atoms with E-state index in [0.717, 1.165) is 24.0 Å². The minimum absolute atomic E-state index is 0.0708. The molecule has 0 saturated carbocycles. The lowest BCUT2D eigenvalue weighted by atomic mass is 9.81. The molecule has 7 nitrogen and oxygen atoms in total. The molecule has 2 aromatic rings. The van der Waals surface area contributed by atoms with Gasteiger partial charge in [-0.1, -0.05) is 61.9 Å². The third-order valence-electron chi connectivity index (χ3n) is 7.10. The Morgan fingerprint density at radius 3 is 2.41 bits per heavy atom. The SMILES string of the molecule is CCCCN(CN1C(=O)NC(c2ccccc2)(c2ccc(C)c(C)c2)C1=O)C1CCS(=O)(=O)C1. The van der Waals surface area contributed by atoms with Crippen molar-refractivity contribution in [3.63, 3.8) is 0 Å². The number of hydrogen-bond donors (Lipinski definition) is 1. The molecule has 0 aromatic heterocycles. The number of benzene rings is 2. The summed E-state index contributed by atoms with van der Waals surface area (Å²) in [6.45, 7) is 6.78. The number of nitrogens with one attached hydrogen (secondary N) is 1. The largest absolute Gasteiger partial charge is 0.326 e.